The number of nitrogens with zero attached hydrogens (tertiary/aromatic N) is 2. The van der Waals surface area contributed by atoms with Crippen molar-refractivity contribution in [1.29, 1.82) is 0 Å². The Morgan fingerprint density at radius 2 is 1.38 bits per heavy atom. The Labute approximate surface area is 239 Å². The van der Waals surface area contributed by atoms with E-state index in [2.05, 4.69) is 15.0 Å². The maximum atomic E-state index is 12.9. The van der Waals surface area contributed by atoms with Gasteiger partial charge in [-0.05, 0) is 59.6 Å². The zero-order valence-corrected chi connectivity index (χ0v) is 25.8. The first kappa shape index (κ1) is 34.7. The average Bonchev–Trinajstić information content (AvgIpc) is 2.83. The van der Waals surface area contributed by atoms with Crippen LogP contribution < -0.4 is 15.4 Å². The zero-order valence-electron chi connectivity index (χ0n) is 25.0. The van der Waals surface area contributed by atoms with Crippen LogP contribution in [0.3, 0.4) is 0 Å². The van der Waals surface area contributed by atoms with Crippen LogP contribution in [0.5, 0.6) is 0 Å². The van der Waals surface area contributed by atoms with E-state index < -0.39 is 10.2 Å². The molecule has 9 nitrogen and oxygen atoms in total. The Kier molecular flexibility index (Phi) is 13.4. The summed E-state index contributed by atoms with van der Waals surface area (Å²) in [5.41, 5.74) is 3.10. The second kappa shape index (κ2) is 15.4. The molecule has 0 atom stereocenters. The van der Waals surface area contributed by atoms with Gasteiger partial charge in [0.05, 0.1) is 23.7 Å². The number of carbonyl (C=O) groups excluding carboxylic acids is 1. The molecule has 0 radical (unpaired) electrons. The van der Waals surface area contributed by atoms with Crippen LogP contribution in [0.1, 0.15) is 68.4 Å². The van der Waals surface area contributed by atoms with Gasteiger partial charge in [-0.2, -0.15) is 18.2 Å². The topological polar surface area (TPSA) is 133 Å². The van der Waals surface area contributed by atoms with Crippen LogP contribution >= 0.6 is 0 Å². The predicted octanol–water partition coefficient (Wildman–Crippen LogP) is 5.33. The van der Waals surface area contributed by atoms with Gasteiger partial charge in [0, 0.05) is 11.6 Å². The van der Waals surface area contributed by atoms with Gasteiger partial charge in [0.25, 0.3) is 15.8 Å². The highest BCUT2D eigenvalue weighted by Gasteiger charge is 2.18. The Morgan fingerprint density at radius 1 is 0.900 bits per heavy atom. The summed E-state index contributed by atoms with van der Waals surface area (Å²) < 4.78 is 28.9. The van der Waals surface area contributed by atoms with Crippen molar-refractivity contribution in [3.8, 4) is 22.3 Å². The summed E-state index contributed by atoms with van der Waals surface area (Å²) in [6, 6.07) is 19.6. The average molecular weight is 573 g/mol. The summed E-state index contributed by atoms with van der Waals surface area (Å²) >= 11 is 0. The van der Waals surface area contributed by atoms with Crippen LogP contribution in [0.25, 0.3) is 22.3 Å². The van der Waals surface area contributed by atoms with Crippen molar-refractivity contribution in [2.24, 2.45) is 11.1 Å². The molecule has 0 saturated heterocycles. The van der Waals surface area contributed by atoms with Gasteiger partial charge in [-0.25, -0.2) is 9.82 Å². The molecule has 3 N–H and O–H groups in total. The maximum absolute atomic E-state index is 12.9. The smallest absolute Gasteiger partial charge is 0.308 e. The molecule has 1 heterocycles. The van der Waals surface area contributed by atoms with E-state index in [4.69, 9.17) is 4.74 Å². The quantitative estimate of drug-likeness (QED) is 0.384. The van der Waals surface area contributed by atoms with Crippen LogP contribution in [0.15, 0.2) is 71.7 Å². The van der Waals surface area contributed by atoms with Crippen LogP contribution in [0, 0.1) is 5.92 Å². The molecule has 3 rings (SSSR count). The number of aromatic nitrogens is 2. The third-order valence-corrected chi connectivity index (χ3v) is 5.72. The van der Waals surface area contributed by atoms with Crippen LogP contribution in [-0.2, 0) is 19.7 Å². The number of ether oxygens (including phenoxy) is 1. The molecule has 0 aliphatic carbocycles. The van der Waals surface area contributed by atoms with E-state index in [-0.39, 0.29) is 35.1 Å². The van der Waals surface area contributed by atoms with Crippen molar-refractivity contribution in [3.63, 3.8) is 0 Å². The molecular weight excluding hydrogens is 528 g/mol. The van der Waals surface area contributed by atoms with E-state index in [1.807, 2.05) is 109 Å². The van der Waals surface area contributed by atoms with Gasteiger partial charge in [-0.3, -0.25) is 9.59 Å². The molecule has 0 unspecified atom stereocenters. The minimum Gasteiger partial charge on any atom is -0.460 e. The summed E-state index contributed by atoms with van der Waals surface area (Å²) in [5.74, 6) is -0.160. The molecule has 0 fully saturated rings. The van der Waals surface area contributed by atoms with E-state index in [9.17, 15) is 18.0 Å². The number of nitrogens with one attached hydrogen (secondary N) is 1. The Hall–Kier alpha value is -3.34. The molecule has 220 valence electrons. The first-order valence-corrected chi connectivity index (χ1v) is 14.7. The van der Waals surface area contributed by atoms with E-state index in [1.54, 1.807) is 20.0 Å². The molecule has 0 aliphatic rings. The van der Waals surface area contributed by atoms with Crippen molar-refractivity contribution in [2.75, 3.05) is 0 Å². The van der Waals surface area contributed by atoms with E-state index in [1.165, 1.54) is 4.68 Å². The standard InChI is InChI=1S/C19H18N2O.C8H16O2.C3H10N2O2S/c1-14(2)21-19(22)18(16-11-7-4-8-12-16)17(13-20-21)15-9-5-3-6-10-15;1-6(2)7(9)10-8(3,4)5;1-3(2)5-8(4,6)7/h3-14H,1-2H3;6H,1-5H3;3,5H,1-2H3,(H2,4,6,7). The summed E-state index contributed by atoms with van der Waals surface area (Å²) in [6.07, 6.45) is 1.79. The van der Waals surface area contributed by atoms with Crippen LogP contribution in [0.2, 0.25) is 0 Å². The lowest BCUT2D eigenvalue weighted by Gasteiger charge is -2.20. The zero-order chi connectivity index (χ0) is 30.7. The van der Waals surface area contributed by atoms with E-state index in [0.717, 1.165) is 16.7 Å². The second-order valence-corrected chi connectivity index (χ2v) is 12.3. The largest absolute Gasteiger partial charge is 0.460 e. The summed E-state index contributed by atoms with van der Waals surface area (Å²) in [6.45, 7) is 16.6. The molecule has 1 aromatic heterocycles. The number of benzene rings is 2. The Bertz CT molecular complexity index is 1360. The molecule has 0 amide bonds. The van der Waals surface area contributed by atoms with Gasteiger partial charge in [-0.1, -0.05) is 74.5 Å². The SMILES string of the molecule is CC(C)C(=O)OC(C)(C)C.CC(C)NS(N)(=O)=O.CC(C)n1ncc(-c2ccccc2)c(-c2ccccc2)c1=O. The Balaban J connectivity index is 0.000000370. The molecule has 3 aromatic rings. The van der Waals surface area contributed by atoms with Crippen molar-refractivity contribution >= 4 is 16.2 Å². The van der Waals surface area contributed by atoms with E-state index >= 15 is 0 Å². The molecule has 2 aromatic carbocycles. The van der Waals surface area contributed by atoms with Crippen molar-refractivity contribution < 1.29 is 17.9 Å². The fourth-order valence-electron chi connectivity index (χ4n) is 3.30. The molecule has 0 aliphatic heterocycles. The van der Waals surface area contributed by atoms with Crippen LogP contribution in [-0.4, -0.2) is 35.8 Å². The number of carbonyl (C=O) groups is 1. The first-order valence-electron chi connectivity index (χ1n) is 13.2. The van der Waals surface area contributed by atoms with Crippen molar-refractivity contribution in [1.82, 2.24) is 14.5 Å². The third-order valence-electron chi connectivity index (χ3n) is 4.92. The summed E-state index contributed by atoms with van der Waals surface area (Å²) in [7, 11) is -3.47. The lowest BCUT2D eigenvalue weighted by molar-refractivity contribution is -0.158. The number of nitrogens with two attached hydrogens (primary N) is 1. The highest BCUT2D eigenvalue weighted by Crippen LogP contribution is 2.28. The molecular formula is C30H44N4O5S. The van der Waals surface area contributed by atoms with Gasteiger partial charge < -0.3 is 4.74 Å². The fourth-order valence-corrected chi connectivity index (χ4v) is 3.96. The molecule has 0 bridgehead atoms. The maximum Gasteiger partial charge on any atom is 0.308 e. The fraction of sp³-hybridized carbons (Fsp3) is 0.433. The third kappa shape index (κ3) is 12.7. The highest BCUT2D eigenvalue weighted by molar-refractivity contribution is 7.87. The number of hydrogen-bond acceptors (Lipinski definition) is 6. The van der Waals surface area contributed by atoms with Crippen LogP contribution in [0.4, 0.5) is 0 Å². The first-order chi connectivity index (χ1) is 18.4. The monoisotopic (exact) mass is 572 g/mol. The number of esters is 1. The molecule has 0 spiro atoms. The lowest BCUT2D eigenvalue weighted by Crippen LogP contribution is -2.35. The van der Waals surface area contributed by atoms with Gasteiger partial charge in [0.1, 0.15) is 5.60 Å². The normalized spacial score (nSPS) is 11.4. The van der Waals surface area contributed by atoms with Crippen molar-refractivity contribution in [2.45, 2.75) is 80.0 Å². The minimum absolute atomic E-state index is 0.0276. The van der Waals surface area contributed by atoms with Gasteiger partial charge in [0.2, 0.25) is 0 Å². The number of rotatable bonds is 6. The molecule has 0 saturated carbocycles. The van der Waals surface area contributed by atoms with E-state index in [0.29, 0.717) is 5.56 Å². The Morgan fingerprint density at radius 3 is 1.70 bits per heavy atom. The molecule has 10 heteroatoms. The van der Waals surface area contributed by atoms with Gasteiger partial charge in [-0.15, -0.1) is 0 Å². The van der Waals surface area contributed by atoms with Gasteiger partial charge in [0.15, 0.2) is 0 Å². The minimum atomic E-state index is -3.47. The van der Waals surface area contributed by atoms with Crippen molar-refractivity contribution in [3.05, 3.63) is 77.2 Å². The summed E-state index contributed by atoms with van der Waals surface area (Å²) in [4.78, 5) is 23.8. The summed E-state index contributed by atoms with van der Waals surface area (Å²) in [5, 5.41) is 8.94. The number of hydrogen-bond donors (Lipinski definition) is 2. The lowest BCUT2D eigenvalue weighted by atomic mass is 9.97. The highest BCUT2D eigenvalue weighted by atomic mass is 32.2. The second-order valence-electron chi connectivity index (χ2n) is 11.0. The van der Waals surface area contributed by atoms with Gasteiger partial charge >= 0.3 is 5.97 Å². The molecule has 40 heavy (non-hydrogen) atoms. The predicted molar refractivity (Wildman–Crippen MR) is 162 cm³/mol.